The lowest BCUT2D eigenvalue weighted by molar-refractivity contribution is -0.733. The molecule has 0 saturated carbocycles. The molecule has 2 saturated heterocycles. The molecule has 3 aliphatic rings. The third-order valence-corrected chi connectivity index (χ3v) is 7.65. The number of primary amides is 1. The molecule has 4 amide bonds. The molecule has 3 heterocycles. The molecule has 0 aromatic heterocycles. The second-order valence-electron chi connectivity index (χ2n) is 9.64. The normalized spacial score (nSPS) is 25.9. The number of hydrogen-bond acceptors (Lipinski definition) is 5. The van der Waals surface area contributed by atoms with Crippen molar-refractivity contribution in [2.24, 2.45) is 17.6 Å². The van der Waals surface area contributed by atoms with E-state index in [0.717, 1.165) is 10.5 Å². The highest BCUT2D eigenvalue weighted by molar-refractivity contribution is 6.25. The second kappa shape index (κ2) is 7.97. The van der Waals surface area contributed by atoms with E-state index in [1.807, 2.05) is 0 Å². The van der Waals surface area contributed by atoms with E-state index in [-0.39, 0.29) is 17.0 Å². The Kier molecular flexibility index (Phi) is 4.93. The van der Waals surface area contributed by atoms with Crippen LogP contribution < -0.4 is 21.3 Å². The van der Waals surface area contributed by atoms with Crippen LogP contribution in [0.3, 0.4) is 0 Å². The summed E-state index contributed by atoms with van der Waals surface area (Å²) in [5.74, 6) is -4.61. The van der Waals surface area contributed by atoms with E-state index in [9.17, 15) is 28.7 Å². The summed E-state index contributed by atoms with van der Waals surface area (Å²) in [6.45, 7) is 0. The van der Waals surface area contributed by atoms with Crippen molar-refractivity contribution in [3.05, 3.63) is 89.2 Å². The van der Waals surface area contributed by atoms with Crippen LogP contribution in [0.25, 0.3) is 0 Å². The first-order valence-corrected chi connectivity index (χ1v) is 11.7. The van der Waals surface area contributed by atoms with Gasteiger partial charge in [-0.25, -0.2) is 9.29 Å². The van der Waals surface area contributed by atoms with Crippen molar-refractivity contribution in [1.82, 2.24) is 0 Å². The van der Waals surface area contributed by atoms with E-state index in [0.29, 0.717) is 17.7 Å². The van der Waals surface area contributed by atoms with E-state index in [2.05, 4.69) is 5.32 Å². The first-order chi connectivity index (χ1) is 17.7. The van der Waals surface area contributed by atoms with Crippen LogP contribution in [0.15, 0.2) is 66.7 Å². The number of benzene rings is 3. The SMILES string of the molecule is NC(=O)c1ccc(N2C(=O)[C@H]3[C@H](Cc4ccc(O)cc4)[NH2+][C@]4(C(=O)Nc5ccc(F)cc54)[C@@H]3C2=O)cc1. The Bertz CT molecular complexity index is 1490. The molecular formula is C27H22FN4O5+. The summed E-state index contributed by atoms with van der Waals surface area (Å²) in [6.07, 6.45) is 0.328. The van der Waals surface area contributed by atoms with Gasteiger partial charge in [0.2, 0.25) is 23.3 Å². The van der Waals surface area contributed by atoms with Crippen molar-refractivity contribution in [3.8, 4) is 5.75 Å². The number of hydrogen-bond donors (Lipinski definition) is 4. The number of phenolic OH excluding ortho intramolecular Hbond substituents is 1. The van der Waals surface area contributed by atoms with Crippen LogP contribution in [0, 0.1) is 17.7 Å². The van der Waals surface area contributed by atoms with Gasteiger partial charge < -0.3 is 21.5 Å². The Hall–Kier alpha value is -4.57. The molecule has 3 aliphatic heterocycles. The first-order valence-electron chi connectivity index (χ1n) is 11.7. The van der Waals surface area contributed by atoms with Crippen LogP contribution >= 0.6 is 0 Å². The van der Waals surface area contributed by atoms with Crippen molar-refractivity contribution < 1.29 is 34.0 Å². The molecule has 0 unspecified atom stereocenters. The number of nitrogens with one attached hydrogen (secondary N) is 1. The van der Waals surface area contributed by atoms with Gasteiger partial charge in [-0.15, -0.1) is 0 Å². The number of quaternary nitrogens is 1. The standard InChI is InChI=1S/C27H21FN4O5/c28-15-5-10-19-18(12-15)27(26(37)30-19)22-21(20(31-27)11-13-1-8-17(33)9-2-13)24(35)32(25(22)36)16-6-3-14(4-7-16)23(29)34/h1-10,12,20-22,31,33H,11H2,(H2,29,34)(H,30,37)/p+1/t20-,21-,22-,27-/m0/s1. The molecule has 6 rings (SSSR count). The summed E-state index contributed by atoms with van der Waals surface area (Å²) >= 11 is 0. The van der Waals surface area contributed by atoms with Crippen LogP contribution in [0.5, 0.6) is 5.75 Å². The minimum absolute atomic E-state index is 0.0887. The molecule has 0 bridgehead atoms. The molecule has 3 aromatic rings. The number of nitrogens with zero attached hydrogens (tertiary/aromatic N) is 1. The Morgan fingerprint density at radius 1 is 1.03 bits per heavy atom. The number of carbonyl (C=O) groups excluding carboxylic acids is 4. The molecule has 37 heavy (non-hydrogen) atoms. The number of carbonyl (C=O) groups is 4. The number of anilines is 2. The molecular weight excluding hydrogens is 479 g/mol. The fourth-order valence-corrected chi connectivity index (χ4v) is 6.06. The van der Waals surface area contributed by atoms with Crippen LogP contribution in [0.1, 0.15) is 21.5 Å². The van der Waals surface area contributed by atoms with Gasteiger partial charge in [-0.05, 0) is 60.2 Å². The molecule has 2 fully saturated rings. The first kappa shape index (κ1) is 22.9. The van der Waals surface area contributed by atoms with E-state index < -0.39 is 52.9 Å². The predicted molar refractivity (Wildman–Crippen MR) is 129 cm³/mol. The maximum atomic E-state index is 14.4. The van der Waals surface area contributed by atoms with E-state index in [4.69, 9.17) is 5.73 Å². The smallest absolute Gasteiger partial charge is 0.291 e. The number of phenols is 1. The van der Waals surface area contributed by atoms with E-state index in [1.165, 1.54) is 54.6 Å². The summed E-state index contributed by atoms with van der Waals surface area (Å²) in [5, 5.41) is 14.2. The number of fused-ring (bicyclic) bond motifs is 4. The van der Waals surface area contributed by atoms with Crippen molar-refractivity contribution in [2.75, 3.05) is 10.2 Å². The summed E-state index contributed by atoms with van der Waals surface area (Å²) in [7, 11) is 0. The number of halogens is 1. The number of imide groups is 1. The van der Waals surface area contributed by atoms with E-state index >= 15 is 0 Å². The number of rotatable bonds is 4. The fraction of sp³-hybridized carbons (Fsp3) is 0.185. The number of nitrogens with two attached hydrogens (primary N) is 2. The van der Waals surface area contributed by atoms with Gasteiger partial charge in [0.05, 0.1) is 11.4 Å². The van der Waals surface area contributed by atoms with Gasteiger partial charge in [0.15, 0.2) is 0 Å². The van der Waals surface area contributed by atoms with Gasteiger partial charge in [-0.2, -0.15) is 0 Å². The van der Waals surface area contributed by atoms with Crippen LogP contribution in [0.4, 0.5) is 15.8 Å². The Balaban J connectivity index is 1.47. The Morgan fingerprint density at radius 3 is 2.41 bits per heavy atom. The highest BCUT2D eigenvalue weighted by atomic mass is 19.1. The van der Waals surface area contributed by atoms with Gasteiger partial charge in [-0.3, -0.25) is 19.2 Å². The van der Waals surface area contributed by atoms with Crippen LogP contribution in [-0.4, -0.2) is 34.8 Å². The zero-order chi connectivity index (χ0) is 26.1. The van der Waals surface area contributed by atoms with Gasteiger partial charge >= 0.3 is 0 Å². The van der Waals surface area contributed by atoms with Crippen LogP contribution in [-0.2, 0) is 26.3 Å². The number of amides is 4. The minimum Gasteiger partial charge on any atom is -0.508 e. The van der Waals surface area contributed by atoms with Crippen molar-refractivity contribution >= 4 is 35.0 Å². The maximum absolute atomic E-state index is 14.4. The largest absolute Gasteiger partial charge is 0.508 e. The summed E-state index contributed by atoms with van der Waals surface area (Å²) in [6, 6.07) is 15.7. The quantitative estimate of drug-likeness (QED) is 0.390. The fourth-order valence-electron chi connectivity index (χ4n) is 6.06. The van der Waals surface area contributed by atoms with E-state index in [1.54, 1.807) is 17.4 Å². The third kappa shape index (κ3) is 3.26. The zero-order valence-electron chi connectivity index (χ0n) is 19.4. The molecule has 10 heteroatoms. The lowest BCUT2D eigenvalue weighted by atomic mass is 9.76. The predicted octanol–water partition coefficient (Wildman–Crippen LogP) is 0.772. The van der Waals surface area contributed by atoms with Gasteiger partial charge in [-0.1, -0.05) is 12.1 Å². The highest BCUT2D eigenvalue weighted by Gasteiger charge is 2.74. The van der Waals surface area contributed by atoms with Crippen molar-refractivity contribution in [2.45, 2.75) is 18.0 Å². The highest BCUT2D eigenvalue weighted by Crippen LogP contribution is 2.50. The molecule has 0 aliphatic carbocycles. The van der Waals surface area contributed by atoms with Crippen LogP contribution in [0.2, 0.25) is 0 Å². The lowest BCUT2D eigenvalue weighted by Crippen LogP contribution is -2.99. The molecule has 186 valence electrons. The van der Waals surface area contributed by atoms with Gasteiger partial charge in [0, 0.05) is 17.5 Å². The molecule has 3 aromatic carbocycles. The zero-order valence-corrected chi connectivity index (χ0v) is 19.4. The lowest BCUT2D eigenvalue weighted by Gasteiger charge is -2.26. The monoisotopic (exact) mass is 501 g/mol. The summed E-state index contributed by atoms with van der Waals surface area (Å²) in [5.41, 5.74) is 5.79. The maximum Gasteiger partial charge on any atom is 0.291 e. The summed E-state index contributed by atoms with van der Waals surface area (Å²) < 4.78 is 14.4. The summed E-state index contributed by atoms with van der Waals surface area (Å²) in [4.78, 5) is 53.9. The van der Waals surface area contributed by atoms with Crippen molar-refractivity contribution in [1.29, 1.82) is 0 Å². The van der Waals surface area contributed by atoms with Gasteiger partial charge in [0.25, 0.3) is 5.91 Å². The minimum atomic E-state index is -1.53. The Morgan fingerprint density at radius 2 is 1.73 bits per heavy atom. The van der Waals surface area contributed by atoms with Crippen molar-refractivity contribution in [3.63, 3.8) is 0 Å². The van der Waals surface area contributed by atoms with Gasteiger partial charge in [0.1, 0.15) is 29.4 Å². The average Bonchev–Trinajstić information content (AvgIpc) is 3.45. The third-order valence-electron chi connectivity index (χ3n) is 7.65. The molecule has 9 nitrogen and oxygen atoms in total. The topological polar surface area (TPSA) is 146 Å². The molecule has 0 radical (unpaired) electrons. The molecule has 4 atom stereocenters. The Labute approximate surface area is 210 Å². The number of aromatic hydroxyl groups is 1. The average molecular weight is 501 g/mol. The second-order valence-corrected chi connectivity index (χ2v) is 9.64. The molecule has 6 N–H and O–H groups in total. The molecule has 1 spiro atoms.